The van der Waals surface area contributed by atoms with Crippen LogP contribution in [-0.2, 0) is 4.79 Å². The van der Waals surface area contributed by atoms with Crippen molar-refractivity contribution in [3.63, 3.8) is 0 Å². The van der Waals surface area contributed by atoms with Crippen molar-refractivity contribution in [1.82, 2.24) is 5.32 Å². The van der Waals surface area contributed by atoms with Crippen LogP contribution in [0.5, 0.6) is 0 Å². The molecule has 0 radical (unpaired) electrons. The second-order valence-corrected chi connectivity index (χ2v) is 2.90. The third-order valence-electron chi connectivity index (χ3n) is 1.38. The van der Waals surface area contributed by atoms with Gasteiger partial charge in [0.1, 0.15) is 0 Å². The van der Waals surface area contributed by atoms with E-state index in [1.165, 1.54) is 0 Å². The predicted molar refractivity (Wildman–Crippen MR) is 50.5 cm³/mol. The van der Waals surface area contributed by atoms with Gasteiger partial charge in [0.05, 0.1) is 0 Å². The Morgan fingerprint density at radius 3 is 2.58 bits per heavy atom. The molecule has 0 aromatic carbocycles. The van der Waals surface area contributed by atoms with Gasteiger partial charge in [0.2, 0.25) is 5.91 Å². The summed E-state index contributed by atoms with van der Waals surface area (Å²) in [5, 5.41) is 2.80. The fourth-order valence-corrected chi connectivity index (χ4v) is 0.666. The van der Waals surface area contributed by atoms with Crippen molar-refractivity contribution in [2.45, 2.75) is 33.6 Å². The van der Waals surface area contributed by atoms with Gasteiger partial charge in [-0.2, -0.15) is 0 Å². The first-order valence-electron chi connectivity index (χ1n) is 4.42. The number of nitrogens with one attached hydrogen (secondary N) is 1. The van der Waals surface area contributed by atoms with Crippen molar-refractivity contribution in [2.24, 2.45) is 5.92 Å². The Balaban J connectivity index is 3.38. The molecule has 0 aliphatic heterocycles. The molecule has 0 aliphatic rings. The average molecular weight is 167 g/mol. The molecule has 0 bridgehead atoms. The highest BCUT2D eigenvalue weighted by atomic mass is 16.1. The second kappa shape index (κ2) is 6.72. The maximum Gasteiger partial charge on any atom is 0.222 e. The van der Waals surface area contributed by atoms with Gasteiger partial charge in [-0.1, -0.05) is 20.8 Å². The molecule has 2 nitrogen and oxygen atoms in total. The largest absolute Gasteiger partial charge is 0.355 e. The van der Waals surface area contributed by atoms with E-state index in [2.05, 4.69) is 17.2 Å². The average Bonchev–Trinajstić information content (AvgIpc) is 2.03. The van der Waals surface area contributed by atoms with Gasteiger partial charge < -0.3 is 5.32 Å². The molecular formula is C10H17NO. The van der Waals surface area contributed by atoms with Crippen molar-refractivity contribution in [3.8, 4) is 11.8 Å². The number of hydrogen-bond acceptors (Lipinski definition) is 1. The first kappa shape index (κ1) is 11.0. The van der Waals surface area contributed by atoms with Gasteiger partial charge in [0.25, 0.3) is 0 Å². The summed E-state index contributed by atoms with van der Waals surface area (Å²) >= 11 is 0. The normalized spacial score (nSPS) is 9.00. The lowest BCUT2D eigenvalue weighted by molar-refractivity contribution is -0.123. The number of rotatable bonds is 3. The Bertz CT molecular complexity index is 186. The van der Waals surface area contributed by atoms with Gasteiger partial charge in [0, 0.05) is 25.3 Å². The summed E-state index contributed by atoms with van der Waals surface area (Å²) < 4.78 is 0. The quantitative estimate of drug-likeness (QED) is 0.501. The molecule has 12 heavy (non-hydrogen) atoms. The number of carbonyl (C=O) groups excluding carboxylic acids is 1. The standard InChI is InChI=1S/C10H17NO/c1-4-5-6-7-8-11-10(12)9(2)3/h9H,4,7-8H2,1-3H3,(H,11,12). The van der Waals surface area contributed by atoms with E-state index in [1.807, 2.05) is 20.8 Å². The van der Waals surface area contributed by atoms with Crippen LogP contribution in [0.15, 0.2) is 0 Å². The lowest BCUT2D eigenvalue weighted by Gasteiger charge is -2.04. The first-order chi connectivity index (χ1) is 5.68. The van der Waals surface area contributed by atoms with E-state index in [4.69, 9.17) is 0 Å². The van der Waals surface area contributed by atoms with E-state index in [1.54, 1.807) is 0 Å². The van der Waals surface area contributed by atoms with E-state index in [0.29, 0.717) is 6.54 Å². The molecule has 0 heterocycles. The van der Waals surface area contributed by atoms with Gasteiger partial charge in [-0.25, -0.2) is 0 Å². The molecule has 1 N–H and O–H groups in total. The van der Waals surface area contributed by atoms with Crippen LogP contribution in [-0.4, -0.2) is 12.5 Å². The molecule has 0 aromatic rings. The molecule has 0 fully saturated rings. The summed E-state index contributed by atoms with van der Waals surface area (Å²) in [5.41, 5.74) is 0. The fraction of sp³-hybridized carbons (Fsp3) is 0.700. The number of carbonyl (C=O) groups is 1. The minimum Gasteiger partial charge on any atom is -0.355 e. The highest BCUT2D eigenvalue weighted by Crippen LogP contribution is 1.89. The molecular weight excluding hydrogens is 150 g/mol. The zero-order chi connectivity index (χ0) is 9.40. The summed E-state index contributed by atoms with van der Waals surface area (Å²) in [6.07, 6.45) is 1.64. The van der Waals surface area contributed by atoms with Crippen molar-refractivity contribution in [3.05, 3.63) is 0 Å². The smallest absolute Gasteiger partial charge is 0.222 e. The Morgan fingerprint density at radius 2 is 2.08 bits per heavy atom. The van der Waals surface area contributed by atoms with E-state index in [9.17, 15) is 4.79 Å². The zero-order valence-corrected chi connectivity index (χ0v) is 8.11. The Labute approximate surface area is 74.7 Å². The van der Waals surface area contributed by atoms with Crippen LogP contribution in [0.2, 0.25) is 0 Å². The highest BCUT2D eigenvalue weighted by molar-refractivity contribution is 5.77. The van der Waals surface area contributed by atoms with Gasteiger partial charge in [0.15, 0.2) is 0 Å². The molecule has 0 aromatic heterocycles. The third kappa shape index (κ3) is 5.79. The lowest BCUT2D eigenvalue weighted by Crippen LogP contribution is -2.28. The van der Waals surface area contributed by atoms with Crippen LogP contribution in [0.25, 0.3) is 0 Å². The molecule has 0 rings (SSSR count). The third-order valence-corrected chi connectivity index (χ3v) is 1.38. The van der Waals surface area contributed by atoms with Crippen molar-refractivity contribution in [2.75, 3.05) is 6.54 Å². The molecule has 0 aliphatic carbocycles. The maximum atomic E-state index is 11.0. The minimum atomic E-state index is 0.0733. The molecule has 0 spiro atoms. The van der Waals surface area contributed by atoms with E-state index >= 15 is 0 Å². The van der Waals surface area contributed by atoms with Gasteiger partial charge in [-0.3, -0.25) is 4.79 Å². The molecule has 0 atom stereocenters. The predicted octanol–water partition coefficient (Wildman–Crippen LogP) is 1.56. The number of hydrogen-bond donors (Lipinski definition) is 1. The van der Waals surface area contributed by atoms with Crippen LogP contribution in [0.1, 0.15) is 33.6 Å². The van der Waals surface area contributed by atoms with Crippen LogP contribution in [0.4, 0.5) is 0 Å². The van der Waals surface area contributed by atoms with Crippen molar-refractivity contribution >= 4 is 5.91 Å². The summed E-state index contributed by atoms with van der Waals surface area (Å²) in [6.45, 7) is 6.45. The summed E-state index contributed by atoms with van der Waals surface area (Å²) in [5.74, 6) is 6.09. The van der Waals surface area contributed by atoms with Gasteiger partial charge in [-0.05, 0) is 0 Å². The fourth-order valence-electron chi connectivity index (χ4n) is 0.666. The molecule has 0 saturated carbocycles. The van der Waals surface area contributed by atoms with E-state index < -0.39 is 0 Å². The van der Waals surface area contributed by atoms with E-state index in [0.717, 1.165) is 12.8 Å². The molecule has 0 saturated heterocycles. The summed E-state index contributed by atoms with van der Waals surface area (Å²) in [4.78, 5) is 11.0. The Morgan fingerprint density at radius 1 is 1.42 bits per heavy atom. The molecule has 1 amide bonds. The highest BCUT2D eigenvalue weighted by Gasteiger charge is 2.03. The Kier molecular flexibility index (Phi) is 6.18. The topological polar surface area (TPSA) is 29.1 Å². The van der Waals surface area contributed by atoms with Crippen molar-refractivity contribution < 1.29 is 4.79 Å². The summed E-state index contributed by atoms with van der Waals surface area (Å²) in [6, 6.07) is 0. The minimum absolute atomic E-state index is 0.0733. The Hall–Kier alpha value is -0.970. The van der Waals surface area contributed by atoms with Crippen LogP contribution in [0.3, 0.4) is 0 Å². The number of amides is 1. The van der Waals surface area contributed by atoms with E-state index in [-0.39, 0.29) is 11.8 Å². The van der Waals surface area contributed by atoms with Gasteiger partial charge >= 0.3 is 0 Å². The van der Waals surface area contributed by atoms with Crippen LogP contribution >= 0.6 is 0 Å². The lowest BCUT2D eigenvalue weighted by atomic mass is 10.2. The first-order valence-corrected chi connectivity index (χ1v) is 4.42. The molecule has 0 unspecified atom stereocenters. The SMILES string of the molecule is CCC#CCCNC(=O)C(C)C. The van der Waals surface area contributed by atoms with Crippen LogP contribution < -0.4 is 5.32 Å². The summed E-state index contributed by atoms with van der Waals surface area (Å²) in [7, 11) is 0. The van der Waals surface area contributed by atoms with Gasteiger partial charge in [-0.15, -0.1) is 11.8 Å². The van der Waals surface area contributed by atoms with Crippen LogP contribution in [0, 0.1) is 17.8 Å². The second-order valence-electron chi connectivity index (χ2n) is 2.90. The molecule has 2 heteroatoms. The monoisotopic (exact) mass is 167 g/mol. The molecule has 68 valence electrons. The van der Waals surface area contributed by atoms with Crippen molar-refractivity contribution in [1.29, 1.82) is 0 Å². The zero-order valence-electron chi connectivity index (χ0n) is 8.11. The maximum absolute atomic E-state index is 11.0.